The van der Waals surface area contributed by atoms with Crippen LogP contribution in [0.4, 0.5) is 5.69 Å². The predicted molar refractivity (Wildman–Crippen MR) is 66.7 cm³/mol. The van der Waals surface area contributed by atoms with Crippen LogP contribution in [0.2, 0.25) is 0 Å². The van der Waals surface area contributed by atoms with Gasteiger partial charge in [-0.2, -0.15) is 4.98 Å². The fraction of sp³-hybridized carbons (Fsp3) is 0.167. The van der Waals surface area contributed by atoms with E-state index in [2.05, 4.69) is 10.1 Å². The Bertz CT molecular complexity index is 759. The van der Waals surface area contributed by atoms with Gasteiger partial charge in [-0.15, -0.1) is 0 Å². The summed E-state index contributed by atoms with van der Waals surface area (Å²) in [6.45, 7) is 2.20. The monoisotopic (exact) mass is 258 g/mol. The van der Waals surface area contributed by atoms with Gasteiger partial charge in [0.2, 0.25) is 5.89 Å². The highest BCUT2D eigenvalue weighted by atomic mass is 16.6. The Hall–Kier alpha value is -2.70. The maximum atomic E-state index is 10.7. The molecule has 0 saturated heterocycles. The first-order chi connectivity index (χ1) is 9.13. The van der Waals surface area contributed by atoms with Gasteiger partial charge < -0.3 is 9.09 Å². The molecule has 0 aliphatic rings. The molecule has 2 aromatic heterocycles. The molecule has 0 aliphatic heterocycles. The first-order valence-corrected chi connectivity index (χ1v) is 5.66. The van der Waals surface area contributed by atoms with E-state index < -0.39 is 4.92 Å². The minimum Gasteiger partial charge on any atom is -0.340 e. The molecule has 0 radical (unpaired) electrons. The number of nitro benzene ring substituents is 1. The van der Waals surface area contributed by atoms with E-state index in [1.807, 2.05) is 16.8 Å². The van der Waals surface area contributed by atoms with Crippen molar-refractivity contribution >= 4 is 16.6 Å². The van der Waals surface area contributed by atoms with Crippen LogP contribution in [0.1, 0.15) is 11.7 Å². The summed E-state index contributed by atoms with van der Waals surface area (Å²) in [6, 6.07) is 6.59. The molecular formula is C12H10N4O3. The molecule has 0 unspecified atom stereocenters. The molecule has 96 valence electrons. The maximum Gasteiger partial charge on any atom is 0.270 e. The van der Waals surface area contributed by atoms with Crippen LogP contribution in [0.15, 0.2) is 35.0 Å². The summed E-state index contributed by atoms with van der Waals surface area (Å²) >= 11 is 0. The largest absolute Gasteiger partial charge is 0.340 e. The molecule has 7 heteroatoms. The molecule has 0 atom stereocenters. The Morgan fingerprint density at radius 1 is 1.42 bits per heavy atom. The van der Waals surface area contributed by atoms with E-state index in [4.69, 9.17) is 4.52 Å². The molecule has 0 spiro atoms. The number of aryl methyl sites for hydroxylation is 1. The summed E-state index contributed by atoms with van der Waals surface area (Å²) in [7, 11) is 0. The Morgan fingerprint density at radius 3 is 2.95 bits per heavy atom. The van der Waals surface area contributed by atoms with Crippen molar-refractivity contribution in [1.29, 1.82) is 0 Å². The molecule has 0 saturated carbocycles. The second-order valence-electron chi connectivity index (χ2n) is 4.17. The van der Waals surface area contributed by atoms with Gasteiger partial charge in [-0.3, -0.25) is 10.1 Å². The number of hydrogen-bond acceptors (Lipinski definition) is 5. The van der Waals surface area contributed by atoms with Crippen molar-refractivity contribution in [3.05, 3.63) is 52.3 Å². The third-order valence-electron chi connectivity index (χ3n) is 2.85. The highest BCUT2D eigenvalue weighted by Crippen LogP contribution is 2.22. The van der Waals surface area contributed by atoms with Crippen molar-refractivity contribution in [3.8, 4) is 0 Å². The van der Waals surface area contributed by atoms with E-state index in [-0.39, 0.29) is 5.69 Å². The van der Waals surface area contributed by atoms with Crippen LogP contribution in [0.3, 0.4) is 0 Å². The maximum absolute atomic E-state index is 10.7. The van der Waals surface area contributed by atoms with Gasteiger partial charge in [-0.1, -0.05) is 5.16 Å². The zero-order chi connectivity index (χ0) is 13.4. The lowest BCUT2D eigenvalue weighted by molar-refractivity contribution is -0.384. The van der Waals surface area contributed by atoms with Gasteiger partial charge in [0.05, 0.1) is 11.5 Å². The van der Waals surface area contributed by atoms with Crippen molar-refractivity contribution in [2.45, 2.75) is 13.5 Å². The van der Waals surface area contributed by atoms with E-state index in [0.717, 1.165) is 10.9 Å². The summed E-state index contributed by atoms with van der Waals surface area (Å²) in [5, 5.41) is 15.4. The summed E-state index contributed by atoms with van der Waals surface area (Å²) in [6.07, 6.45) is 1.85. The van der Waals surface area contributed by atoms with Crippen LogP contribution in [-0.4, -0.2) is 19.6 Å². The minimum atomic E-state index is -0.403. The zero-order valence-corrected chi connectivity index (χ0v) is 10.1. The number of rotatable bonds is 3. The van der Waals surface area contributed by atoms with Crippen LogP contribution in [0, 0.1) is 17.0 Å². The highest BCUT2D eigenvalue weighted by Gasteiger charge is 2.10. The molecule has 0 aliphatic carbocycles. The molecule has 7 nitrogen and oxygen atoms in total. The third-order valence-corrected chi connectivity index (χ3v) is 2.85. The molecule has 0 amide bonds. The van der Waals surface area contributed by atoms with Crippen molar-refractivity contribution in [1.82, 2.24) is 14.7 Å². The normalized spacial score (nSPS) is 11.0. The van der Waals surface area contributed by atoms with E-state index in [9.17, 15) is 10.1 Å². The average Bonchev–Trinajstić information content (AvgIpc) is 2.96. The lowest BCUT2D eigenvalue weighted by Crippen LogP contribution is -1.99. The first kappa shape index (κ1) is 11.4. The second kappa shape index (κ2) is 4.20. The van der Waals surface area contributed by atoms with Gasteiger partial charge in [-0.05, 0) is 12.1 Å². The van der Waals surface area contributed by atoms with E-state index in [0.29, 0.717) is 18.3 Å². The zero-order valence-electron chi connectivity index (χ0n) is 10.1. The number of nitrogens with zero attached hydrogens (tertiary/aromatic N) is 4. The average molecular weight is 258 g/mol. The first-order valence-electron chi connectivity index (χ1n) is 5.66. The topological polar surface area (TPSA) is 87.0 Å². The summed E-state index contributed by atoms with van der Waals surface area (Å²) < 4.78 is 6.83. The smallest absolute Gasteiger partial charge is 0.270 e. The Morgan fingerprint density at radius 2 is 2.26 bits per heavy atom. The molecule has 3 aromatic rings. The fourth-order valence-electron chi connectivity index (χ4n) is 2.00. The molecule has 19 heavy (non-hydrogen) atoms. The number of nitro groups is 1. The second-order valence-corrected chi connectivity index (χ2v) is 4.17. The number of hydrogen-bond donors (Lipinski definition) is 0. The van der Waals surface area contributed by atoms with E-state index in [1.165, 1.54) is 6.07 Å². The van der Waals surface area contributed by atoms with Gasteiger partial charge in [0, 0.05) is 36.2 Å². The summed E-state index contributed by atoms with van der Waals surface area (Å²) in [4.78, 5) is 14.4. The SMILES string of the molecule is Cc1nc(Cn2ccc3cc([N+](=O)[O-])ccc32)no1. The van der Waals surface area contributed by atoms with Gasteiger partial charge in [-0.25, -0.2) is 0 Å². The number of non-ortho nitro benzene ring substituents is 1. The van der Waals surface area contributed by atoms with Crippen LogP contribution in [0.25, 0.3) is 10.9 Å². The summed E-state index contributed by atoms with van der Waals surface area (Å²) in [5.74, 6) is 1.09. The number of fused-ring (bicyclic) bond motifs is 1. The van der Waals surface area contributed by atoms with Crippen LogP contribution >= 0.6 is 0 Å². The lowest BCUT2D eigenvalue weighted by atomic mass is 10.2. The number of aromatic nitrogens is 3. The standard InChI is InChI=1S/C12H10N4O3/c1-8-13-12(14-19-8)7-15-5-4-9-6-10(16(17)18)2-3-11(9)15/h2-6H,7H2,1H3. The van der Waals surface area contributed by atoms with Gasteiger partial charge in [0.1, 0.15) is 0 Å². The molecule has 2 heterocycles. The van der Waals surface area contributed by atoms with Gasteiger partial charge in [0.25, 0.3) is 5.69 Å². The van der Waals surface area contributed by atoms with Crippen molar-refractivity contribution in [2.24, 2.45) is 0 Å². The highest BCUT2D eigenvalue weighted by molar-refractivity contribution is 5.82. The summed E-state index contributed by atoms with van der Waals surface area (Å²) in [5.41, 5.74) is 0.980. The van der Waals surface area contributed by atoms with Gasteiger partial charge in [0.15, 0.2) is 5.82 Å². The van der Waals surface area contributed by atoms with Crippen molar-refractivity contribution < 1.29 is 9.45 Å². The molecule has 3 rings (SSSR count). The Labute approximate surface area is 107 Å². The number of benzene rings is 1. The molecule has 0 N–H and O–H groups in total. The molecule has 0 fully saturated rings. The van der Waals surface area contributed by atoms with Crippen molar-refractivity contribution in [2.75, 3.05) is 0 Å². The predicted octanol–water partition coefficient (Wildman–Crippen LogP) is 2.29. The molecule has 1 aromatic carbocycles. The van der Waals surface area contributed by atoms with E-state index >= 15 is 0 Å². The van der Waals surface area contributed by atoms with Gasteiger partial charge >= 0.3 is 0 Å². The van der Waals surface area contributed by atoms with Crippen LogP contribution in [-0.2, 0) is 6.54 Å². The van der Waals surface area contributed by atoms with Crippen molar-refractivity contribution in [3.63, 3.8) is 0 Å². The quantitative estimate of drug-likeness (QED) is 0.531. The fourth-order valence-corrected chi connectivity index (χ4v) is 2.00. The minimum absolute atomic E-state index is 0.0839. The lowest BCUT2D eigenvalue weighted by Gasteiger charge is -2.01. The molecule has 0 bridgehead atoms. The van der Waals surface area contributed by atoms with Crippen LogP contribution < -0.4 is 0 Å². The Balaban J connectivity index is 1.99. The van der Waals surface area contributed by atoms with Crippen LogP contribution in [0.5, 0.6) is 0 Å². The molecular weight excluding hydrogens is 248 g/mol. The Kier molecular flexibility index (Phi) is 2.52. The van der Waals surface area contributed by atoms with E-state index in [1.54, 1.807) is 19.1 Å². The third kappa shape index (κ3) is 2.05.